The number of methoxy groups -OCH3 is 1. The lowest BCUT2D eigenvalue weighted by Crippen LogP contribution is -2.02. The molecule has 0 saturated heterocycles. The van der Waals surface area contributed by atoms with Crippen LogP contribution in [-0.4, -0.2) is 13.2 Å². The number of nitrogens with zero attached hydrogens (tertiary/aromatic N) is 1. The first-order valence-corrected chi connectivity index (χ1v) is 6.25. The van der Waals surface area contributed by atoms with E-state index in [9.17, 15) is 4.79 Å². The molecular formula is C15H21NO2. The molecule has 0 amide bonds. The summed E-state index contributed by atoms with van der Waals surface area (Å²) in [7, 11) is 1.70. The summed E-state index contributed by atoms with van der Waals surface area (Å²) in [6.07, 6.45) is 1.59. The fourth-order valence-electron chi connectivity index (χ4n) is 2.05. The van der Waals surface area contributed by atoms with Gasteiger partial charge < -0.3 is 4.74 Å². The minimum absolute atomic E-state index is 0.373. The zero-order valence-electron chi connectivity index (χ0n) is 11.8. The van der Waals surface area contributed by atoms with Crippen LogP contribution < -0.4 is 4.74 Å². The molecule has 3 heteroatoms. The third kappa shape index (κ3) is 3.21. The highest BCUT2D eigenvalue weighted by Crippen LogP contribution is 2.35. The summed E-state index contributed by atoms with van der Waals surface area (Å²) in [5.74, 6) is 1.70. The largest absolute Gasteiger partial charge is 0.496 e. The monoisotopic (exact) mass is 247 g/mol. The number of rotatable bonds is 5. The molecule has 1 aromatic rings. The lowest BCUT2D eigenvalue weighted by Gasteiger charge is -2.19. The van der Waals surface area contributed by atoms with Gasteiger partial charge in [0.05, 0.1) is 13.7 Å². The molecule has 0 radical (unpaired) electrons. The number of hydrogen-bond donors (Lipinski definition) is 0. The minimum Gasteiger partial charge on any atom is -0.496 e. The maximum atomic E-state index is 10.2. The van der Waals surface area contributed by atoms with Crippen molar-refractivity contribution in [2.45, 2.75) is 46.1 Å². The smallest absolute Gasteiger partial charge is 0.235 e. The van der Waals surface area contributed by atoms with Gasteiger partial charge in [0.1, 0.15) is 5.75 Å². The number of ether oxygens (including phenoxy) is 1. The van der Waals surface area contributed by atoms with E-state index in [4.69, 9.17) is 4.74 Å². The maximum Gasteiger partial charge on any atom is 0.235 e. The molecular weight excluding hydrogens is 226 g/mol. The van der Waals surface area contributed by atoms with E-state index in [-0.39, 0.29) is 0 Å². The van der Waals surface area contributed by atoms with Crippen LogP contribution in [-0.2, 0) is 11.3 Å². The Morgan fingerprint density at radius 1 is 1.17 bits per heavy atom. The fourth-order valence-corrected chi connectivity index (χ4v) is 2.05. The second-order valence-electron chi connectivity index (χ2n) is 5.02. The zero-order valence-corrected chi connectivity index (χ0v) is 11.8. The summed E-state index contributed by atoms with van der Waals surface area (Å²) in [5, 5.41) is 0. The van der Waals surface area contributed by atoms with E-state index in [2.05, 4.69) is 44.8 Å². The second-order valence-corrected chi connectivity index (χ2v) is 5.02. The van der Waals surface area contributed by atoms with Crippen LogP contribution in [0, 0.1) is 0 Å². The molecule has 0 unspecified atom stereocenters. The van der Waals surface area contributed by atoms with E-state index in [1.807, 2.05) is 0 Å². The molecule has 1 aromatic carbocycles. The number of hydrogen-bond acceptors (Lipinski definition) is 3. The standard InChI is InChI=1S/C15H21NO2/c1-10(2)13-6-12(8-16-9-17)7-14(11(3)4)15(13)18-5/h6-7,10-11H,8H2,1-5H3. The minimum atomic E-state index is 0.373. The summed E-state index contributed by atoms with van der Waals surface area (Å²) >= 11 is 0. The predicted molar refractivity (Wildman–Crippen MR) is 73.0 cm³/mol. The quantitative estimate of drug-likeness (QED) is 0.586. The molecule has 0 aliphatic rings. The highest BCUT2D eigenvalue weighted by atomic mass is 16.5. The molecule has 0 spiro atoms. The van der Waals surface area contributed by atoms with Gasteiger partial charge >= 0.3 is 0 Å². The number of carbonyl (C=O) groups excluding carboxylic acids is 1. The van der Waals surface area contributed by atoms with Crippen LogP contribution in [0.15, 0.2) is 17.1 Å². The van der Waals surface area contributed by atoms with Crippen molar-refractivity contribution < 1.29 is 9.53 Å². The molecule has 0 atom stereocenters. The van der Waals surface area contributed by atoms with E-state index < -0.39 is 0 Å². The molecule has 0 N–H and O–H groups in total. The van der Waals surface area contributed by atoms with Gasteiger partial charge in [-0.15, -0.1) is 0 Å². The molecule has 1 rings (SSSR count). The number of aliphatic imine (C=N–C) groups is 1. The van der Waals surface area contributed by atoms with Crippen molar-refractivity contribution in [2.24, 2.45) is 4.99 Å². The Morgan fingerprint density at radius 2 is 1.67 bits per heavy atom. The van der Waals surface area contributed by atoms with E-state index in [0.29, 0.717) is 18.4 Å². The van der Waals surface area contributed by atoms with Gasteiger partial charge in [0.15, 0.2) is 0 Å². The van der Waals surface area contributed by atoms with Gasteiger partial charge in [0.2, 0.25) is 6.08 Å². The summed E-state index contributed by atoms with van der Waals surface area (Å²) < 4.78 is 5.55. The zero-order chi connectivity index (χ0) is 13.7. The Morgan fingerprint density at radius 3 is 2.00 bits per heavy atom. The average molecular weight is 247 g/mol. The summed E-state index contributed by atoms with van der Waals surface area (Å²) in [4.78, 5) is 13.9. The van der Waals surface area contributed by atoms with Crippen molar-refractivity contribution in [3.8, 4) is 5.75 Å². The highest BCUT2D eigenvalue weighted by Gasteiger charge is 2.16. The SMILES string of the molecule is COc1c(C(C)C)cc(CN=C=O)cc1C(C)C. The van der Waals surface area contributed by atoms with E-state index in [1.165, 1.54) is 11.1 Å². The van der Waals surface area contributed by atoms with Crippen molar-refractivity contribution in [2.75, 3.05) is 7.11 Å². The Balaban J connectivity index is 3.38. The van der Waals surface area contributed by atoms with Gasteiger partial charge in [-0.25, -0.2) is 9.79 Å². The van der Waals surface area contributed by atoms with Crippen molar-refractivity contribution >= 4 is 6.08 Å². The summed E-state index contributed by atoms with van der Waals surface area (Å²) in [6.45, 7) is 8.92. The molecule has 0 aliphatic carbocycles. The summed E-state index contributed by atoms with van der Waals surface area (Å²) in [6, 6.07) is 4.13. The molecule has 0 fully saturated rings. The molecule has 0 aliphatic heterocycles. The molecule has 18 heavy (non-hydrogen) atoms. The molecule has 98 valence electrons. The Bertz CT molecular complexity index is 429. The first kappa shape index (κ1) is 14.5. The van der Waals surface area contributed by atoms with Gasteiger partial charge in [0.25, 0.3) is 0 Å². The van der Waals surface area contributed by atoms with Crippen molar-refractivity contribution in [3.63, 3.8) is 0 Å². The van der Waals surface area contributed by atoms with Gasteiger partial charge in [-0.05, 0) is 40.7 Å². The highest BCUT2D eigenvalue weighted by molar-refractivity contribution is 5.48. The van der Waals surface area contributed by atoms with Crippen molar-refractivity contribution in [1.29, 1.82) is 0 Å². The Hall–Kier alpha value is -1.60. The first-order chi connectivity index (χ1) is 8.51. The van der Waals surface area contributed by atoms with E-state index >= 15 is 0 Å². The van der Waals surface area contributed by atoms with Crippen LogP contribution in [0.5, 0.6) is 5.75 Å². The fraction of sp³-hybridized carbons (Fsp3) is 0.533. The van der Waals surface area contributed by atoms with Crippen molar-refractivity contribution in [3.05, 3.63) is 28.8 Å². The van der Waals surface area contributed by atoms with Gasteiger partial charge in [-0.1, -0.05) is 27.7 Å². The Kier molecular flexibility index (Phi) is 5.11. The molecule has 0 saturated carbocycles. The molecule has 0 bridgehead atoms. The van der Waals surface area contributed by atoms with Crippen LogP contribution in [0.1, 0.15) is 56.2 Å². The lowest BCUT2D eigenvalue weighted by molar-refractivity contribution is 0.400. The summed E-state index contributed by atoms with van der Waals surface area (Å²) in [5.41, 5.74) is 3.37. The topological polar surface area (TPSA) is 38.7 Å². The number of isocyanates is 1. The van der Waals surface area contributed by atoms with Gasteiger partial charge in [0, 0.05) is 0 Å². The molecule has 0 aromatic heterocycles. The third-order valence-electron chi connectivity index (χ3n) is 2.98. The first-order valence-electron chi connectivity index (χ1n) is 6.25. The second kappa shape index (κ2) is 6.36. The van der Waals surface area contributed by atoms with Crippen LogP contribution in [0.2, 0.25) is 0 Å². The Labute approximate surface area is 109 Å². The van der Waals surface area contributed by atoms with Crippen LogP contribution in [0.25, 0.3) is 0 Å². The van der Waals surface area contributed by atoms with Crippen LogP contribution in [0.3, 0.4) is 0 Å². The average Bonchev–Trinajstić information content (AvgIpc) is 2.34. The van der Waals surface area contributed by atoms with Crippen LogP contribution in [0.4, 0.5) is 0 Å². The number of benzene rings is 1. The molecule has 3 nitrogen and oxygen atoms in total. The van der Waals surface area contributed by atoms with Gasteiger partial charge in [-0.3, -0.25) is 0 Å². The maximum absolute atomic E-state index is 10.2. The predicted octanol–water partition coefficient (Wildman–Crippen LogP) is 3.78. The lowest BCUT2D eigenvalue weighted by atomic mass is 9.91. The van der Waals surface area contributed by atoms with E-state index in [1.54, 1.807) is 13.2 Å². The van der Waals surface area contributed by atoms with Gasteiger partial charge in [-0.2, -0.15) is 0 Å². The normalized spacial score (nSPS) is 10.6. The third-order valence-corrected chi connectivity index (χ3v) is 2.98. The van der Waals surface area contributed by atoms with Crippen molar-refractivity contribution in [1.82, 2.24) is 0 Å². The van der Waals surface area contributed by atoms with Crippen LogP contribution >= 0.6 is 0 Å². The molecule has 0 heterocycles. The van der Waals surface area contributed by atoms with E-state index in [0.717, 1.165) is 11.3 Å².